The maximum atomic E-state index is 11.8. The van der Waals surface area contributed by atoms with Gasteiger partial charge >= 0.3 is 5.97 Å². The predicted molar refractivity (Wildman–Crippen MR) is 70.6 cm³/mol. The number of hydrogen-bond donors (Lipinski definition) is 0. The van der Waals surface area contributed by atoms with Crippen molar-refractivity contribution in [3.8, 4) is 6.07 Å². The summed E-state index contributed by atoms with van der Waals surface area (Å²) < 4.78 is 4.94. The standard InChI is InChI=1S/C13H14N2O2S/c1-4-6-18-12-11(8-14)10(7-9(3)15-12)13(16)17-5-2/h4,7H,1,5-6H2,2-3H3. The minimum absolute atomic E-state index is 0.269. The Morgan fingerprint density at radius 2 is 2.44 bits per heavy atom. The number of nitriles is 1. The molecule has 0 radical (unpaired) electrons. The first kappa shape index (κ1) is 14.3. The molecule has 0 aliphatic carbocycles. The summed E-state index contributed by atoms with van der Waals surface area (Å²) in [6, 6.07) is 3.60. The van der Waals surface area contributed by atoms with E-state index in [-0.39, 0.29) is 17.7 Å². The maximum absolute atomic E-state index is 11.8. The molecule has 94 valence electrons. The monoisotopic (exact) mass is 262 g/mol. The Morgan fingerprint density at radius 3 is 3.00 bits per heavy atom. The highest BCUT2D eigenvalue weighted by molar-refractivity contribution is 7.99. The number of aryl methyl sites for hydroxylation is 1. The van der Waals surface area contributed by atoms with Crippen LogP contribution in [0.5, 0.6) is 0 Å². The highest BCUT2D eigenvalue weighted by atomic mass is 32.2. The van der Waals surface area contributed by atoms with Crippen molar-refractivity contribution in [2.75, 3.05) is 12.4 Å². The molecular weight excluding hydrogens is 248 g/mol. The first-order valence-electron chi connectivity index (χ1n) is 5.46. The number of thioether (sulfide) groups is 1. The third-order valence-corrected chi connectivity index (χ3v) is 3.03. The van der Waals surface area contributed by atoms with E-state index in [4.69, 9.17) is 10.00 Å². The van der Waals surface area contributed by atoms with Crippen molar-refractivity contribution in [2.24, 2.45) is 0 Å². The van der Waals surface area contributed by atoms with Crippen LogP contribution < -0.4 is 0 Å². The number of nitrogens with zero attached hydrogens (tertiary/aromatic N) is 2. The molecule has 0 amide bonds. The summed E-state index contributed by atoms with van der Waals surface area (Å²) in [4.78, 5) is 16.0. The van der Waals surface area contributed by atoms with E-state index in [0.29, 0.717) is 16.5 Å². The molecule has 1 rings (SSSR count). The fourth-order valence-corrected chi connectivity index (χ4v) is 2.15. The van der Waals surface area contributed by atoms with Crippen molar-refractivity contribution in [2.45, 2.75) is 18.9 Å². The van der Waals surface area contributed by atoms with Crippen LogP contribution in [0.3, 0.4) is 0 Å². The van der Waals surface area contributed by atoms with Gasteiger partial charge in [-0.3, -0.25) is 0 Å². The predicted octanol–water partition coefficient (Wildman–Crippen LogP) is 2.72. The Bertz CT molecular complexity index is 506. The largest absolute Gasteiger partial charge is 0.462 e. The number of pyridine rings is 1. The van der Waals surface area contributed by atoms with Crippen LogP contribution in [0.1, 0.15) is 28.5 Å². The second-order valence-corrected chi connectivity index (χ2v) is 4.43. The van der Waals surface area contributed by atoms with Crippen molar-refractivity contribution >= 4 is 17.7 Å². The van der Waals surface area contributed by atoms with E-state index in [0.717, 1.165) is 0 Å². The molecule has 0 aliphatic heterocycles. The normalized spacial score (nSPS) is 9.61. The highest BCUT2D eigenvalue weighted by Gasteiger charge is 2.18. The number of aromatic nitrogens is 1. The lowest BCUT2D eigenvalue weighted by molar-refractivity contribution is 0.0525. The third-order valence-electron chi connectivity index (χ3n) is 2.06. The van der Waals surface area contributed by atoms with Gasteiger partial charge in [-0.25, -0.2) is 9.78 Å². The van der Waals surface area contributed by atoms with Crippen molar-refractivity contribution in [3.05, 3.63) is 35.5 Å². The Morgan fingerprint density at radius 1 is 1.72 bits per heavy atom. The van der Waals surface area contributed by atoms with Crippen LogP contribution in [-0.4, -0.2) is 23.3 Å². The Hall–Kier alpha value is -1.80. The molecule has 0 bridgehead atoms. The van der Waals surface area contributed by atoms with Gasteiger partial charge in [0, 0.05) is 11.4 Å². The number of ether oxygens (including phenoxy) is 1. The van der Waals surface area contributed by atoms with E-state index in [9.17, 15) is 4.79 Å². The van der Waals surface area contributed by atoms with Gasteiger partial charge in [-0.2, -0.15) is 5.26 Å². The third kappa shape index (κ3) is 3.34. The SMILES string of the molecule is C=CCSc1nc(C)cc(C(=O)OCC)c1C#N. The van der Waals surface area contributed by atoms with Crippen LogP contribution in [0.25, 0.3) is 0 Å². The number of rotatable bonds is 5. The number of esters is 1. The maximum Gasteiger partial charge on any atom is 0.339 e. The molecule has 1 aromatic heterocycles. The zero-order valence-electron chi connectivity index (χ0n) is 10.4. The van der Waals surface area contributed by atoms with Gasteiger partial charge in [0.25, 0.3) is 0 Å². The zero-order chi connectivity index (χ0) is 13.5. The lowest BCUT2D eigenvalue weighted by atomic mass is 10.1. The van der Waals surface area contributed by atoms with Gasteiger partial charge < -0.3 is 4.74 Å². The van der Waals surface area contributed by atoms with Crippen LogP contribution in [0.2, 0.25) is 0 Å². The van der Waals surface area contributed by atoms with Crippen molar-refractivity contribution in [3.63, 3.8) is 0 Å². The van der Waals surface area contributed by atoms with Gasteiger partial charge in [0.05, 0.1) is 17.7 Å². The average molecular weight is 262 g/mol. The van der Waals surface area contributed by atoms with E-state index >= 15 is 0 Å². The van der Waals surface area contributed by atoms with Crippen molar-refractivity contribution < 1.29 is 9.53 Å². The summed E-state index contributed by atoms with van der Waals surface area (Å²) in [5, 5.41) is 9.71. The molecule has 0 aliphatic rings. The van der Waals surface area contributed by atoms with Gasteiger partial charge in [0.2, 0.25) is 0 Å². The van der Waals surface area contributed by atoms with Crippen LogP contribution in [0.4, 0.5) is 0 Å². The minimum Gasteiger partial charge on any atom is -0.462 e. The summed E-state index contributed by atoms with van der Waals surface area (Å²) in [7, 11) is 0. The highest BCUT2D eigenvalue weighted by Crippen LogP contribution is 2.24. The van der Waals surface area contributed by atoms with Crippen LogP contribution in [-0.2, 0) is 4.74 Å². The molecule has 0 unspecified atom stereocenters. The van der Waals surface area contributed by atoms with Gasteiger partial charge in [0.1, 0.15) is 11.1 Å². The topological polar surface area (TPSA) is 63.0 Å². The Kier molecular flexibility index (Phi) is 5.40. The first-order valence-corrected chi connectivity index (χ1v) is 6.45. The minimum atomic E-state index is -0.486. The summed E-state index contributed by atoms with van der Waals surface area (Å²) in [6.45, 7) is 7.40. The molecule has 0 fully saturated rings. The van der Waals surface area contributed by atoms with Crippen LogP contribution in [0.15, 0.2) is 23.7 Å². The number of hydrogen-bond acceptors (Lipinski definition) is 5. The summed E-state index contributed by atoms with van der Waals surface area (Å²) in [5.41, 5.74) is 1.23. The van der Waals surface area contributed by atoms with Crippen molar-refractivity contribution in [1.29, 1.82) is 5.26 Å². The smallest absolute Gasteiger partial charge is 0.339 e. The summed E-state index contributed by atoms with van der Waals surface area (Å²) in [5.74, 6) is 0.146. The second-order valence-electron chi connectivity index (χ2n) is 3.42. The Labute approximate surface area is 111 Å². The summed E-state index contributed by atoms with van der Waals surface area (Å²) >= 11 is 1.38. The van der Waals surface area contributed by atoms with Crippen LogP contribution >= 0.6 is 11.8 Å². The fraction of sp³-hybridized carbons (Fsp3) is 0.308. The van der Waals surface area contributed by atoms with Gasteiger partial charge in [0.15, 0.2) is 0 Å². The summed E-state index contributed by atoms with van der Waals surface area (Å²) in [6.07, 6.45) is 1.72. The molecule has 0 saturated heterocycles. The fourth-order valence-electron chi connectivity index (χ4n) is 1.36. The molecule has 0 spiro atoms. The van der Waals surface area contributed by atoms with Gasteiger partial charge in [-0.1, -0.05) is 6.08 Å². The first-order chi connectivity index (χ1) is 8.63. The van der Waals surface area contributed by atoms with Crippen LogP contribution in [0, 0.1) is 18.3 Å². The average Bonchev–Trinajstić information content (AvgIpc) is 2.35. The lowest BCUT2D eigenvalue weighted by Crippen LogP contribution is -2.09. The zero-order valence-corrected chi connectivity index (χ0v) is 11.2. The molecule has 0 saturated carbocycles. The molecule has 1 heterocycles. The van der Waals surface area contributed by atoms with E-state index in [2.05, 4.69) is 11.6 Å². The molecule has 0 aromatic carbocycles. The van der Waals surface area contributed by atoms with E-state index in [1.807, 2.05) is 6.07 Å². The molecular formula is C13H14N2O2S. The van der Waals surface area contributed by atoms with Gasteiger partial charge in [-0.05, 0) is 19.9 Å². The Balaban J connectivity index is 3.24. The van der Waals surface area contributed by atoms with Crippen molar-refractivity contribution in [1.82, 2.24) is 4.98 Å². The molecule has 18 heavy (non-hydrogen) atoms. The second kappa shape index (κ2) is 6.82. The lowest BCUT2D eigenvalue weighted by Gasteiger charge is -2.08. The molecule has 0 atom stereocenters. The molecule has 0 N–H and O–H groups in total. The van der Waals surface area contributed by atoms with E-state index in [1.165, 1.54) is 11.8 Å². The molecule has 4 nitrogen and oxygen atoms in total. The number of carbonyl (C=O) groups excluding carboxylic acids is 1. The van der Waals surface area contributed by atoms with E-state index < -0.39 is 5.97 Å². The molecule has 1 aromatic rings. The van der Waals surface area contributed by atoms with Gasteiger partial charge in [-0.15, -0.1) is 18.3 Å². The quantitative estimate of drug-likeness (QED) is 0.464. The van der Waals surface area contributed by atoms with E-state index in [1.54, 1.807) is 26.0 Å². The molecule has 5 heteroatoms. The number of carbonyl (C=O) groups is 1.